The number of furan rings is 1. The predicted molar refractivity (Wildman–Crippen MR) is 210 cm³/mol. The Hall–Kier alpha value is -7.29. The van der Waals surface area contributed by atoms with Gasteiger partial charge in [-0.25, -0.2) is 9.97 Å². The van der Waals surface area contributed by atoms with Crippen LogP contribution in [-0.2, 0) is 0 Å². The molecule has 5 nitrogen and oxygen atoms in total. The van der Waals surface area contributed by atoms with Gasteiger partial charge in [-0.15, -0.1) is 0 Å². The molecule has 242 valence electrons. The van der Waals surface area contributed by atoms with Crippen molar-refractivity contribution in [3.63, 3.8) is 0 Å². The third-order valence-corrected chi connectivity index (χ3v) is 9.86. The molecule has 3 aromatic heterocycles. The van der Waals surface area contributed by atoms with E-state index < -0.39 is 0 Å². The number of nitriles is 1. The molecule has 0 radical (unpaired) electrons. The minimum absolute atomic E-state index is 0.607. The first-order valence-corrected chi connectivity index (χ1v) is 17.2. The minimum atomic E-state index is 0.607. The lowest BCUT2D eigenvalue weighted by molar-refractivity contribution is 0.669. The zero-order valence-electron chi connectivity index (χ0n) is 27.9. The molecule has 10 aromatic rings. The summed E-state index contributed by atoms with van der Waals surface area (Å²) in [5.74, 6) is 0.673. The fourth-order valence-corrected chi connectivity index (χ4v) is 7.44. The van der Waals surface area contributed by atoms with Crippen LogP contribution < -0.4 is 0 Å². The highest BCUT2D eigenvalue weighted by Crippen LogP contribution is 2.40. The van der Waals surface area contributed by atoms with Gasteiger partial charge in [0.15, 0.2) is 5.82 Å². The second kappa shape index (κ2) is 11.9. The van der Waals surface area contributed by atoms with Crippen LogP contribution in [0.2, 0.25) is 0 Å². The number of hydrogen-bond donors (Lipinski definition) is 0. The number of nitrogens with zero attached hydrogens (tertiary/aromatic N) is 4. The van der Waals surface area contributed by atoms with Gasteiger partial charge in [0.2, 0.25) is 0 Å². The van der Waals surface area contributed by atoms with E-state index in [-0.39, 0.29) is 0 Å². The van der Waals surface area contributed by atoms with Crippen LogP contribution in [-0.4, -0.2) is 14.5 Å². The Morgan fingerprint density at radius 2 is 1.02 bits per heavy atom. The summed E-state index contributed by atoms with van der Waals surface area (Å²) in [6, 6.07) is 60.2. The predicted octanol–water partition coefficient (Wildman–Crippen LogP) is 12.0. The van der Waals surface area contributed by atoms with Crippen LogP contribution in [0, 0.1) is 11.3 Å². The number of hydrogen-bond acceptors (Lipinski definition) is 4. The van der Waals surface area contributed by atoms with Crippen LogP contribution in [0.1, 0.15) is 5.56 Å². The summed E-state index contributed by atoms with van der Waals surface area (Å²) in [5.41, 5.74) is 11.8. The Balaban J connectivity index is 1.17. The van der Waals surface area contributed by atoms with Crippen molar-refractivity contribution in [3.8, 4) is 56.8 Å². The molecule has 0 N–H and O–H groups in total. The fourth-order valence-electron chi connectivity index (χ4n) is 7.44. The van der Waals surface area contributed by atoms with Gasteiger partial charge in [-0.2, -0.15) is 5.26 Å². The normalized spacial score (nSPS) is 11.4. The van der Waals surface area contributed by atoms with Gasteiger partial charge >= 0.3 is 0 Å². The first-order valence-electron chi connectivity index (χ1n) is 17.2. The van der Waals surface area contributed by atoms with Crippen LogP contribution >= 0.6 is 0 Å². The molecule has 0 aliphatic carbocycles. The molecule has 0 saturated heterocycles. The second-order valence-corrected chi connectivity index (χ2v) is 12.9. The molecule has 10 rings (SSSR count). The minimum Gasteiger partial charge on any atom is -0.456 e. The molecule has 0 bridgehead atoms. The summed E-state index contributed by atoms with van der Waals surface area (Å²) in [5, 5.41) is 14.7. The highest BCUT2D eigenvalue weighted by atomic mass is 16.3. The molecule has 7 aromatic carbocycles. The van der Waals surface area contributed by atoms with Gasteiger partial charge in [-0.3, -0.25) is 0 Å². The van der Waals surface area contributed by atoms with Crippen molar-refractivity contribution < 1.29 is 4.42 Å². The molecule has 0 unspecified atom stereocenters. The van der Waals surface area contributed by atoms with Crippen LogP contribution in [0.25, 0.3) is 94.5 Å². The first-order chi connectivity index (χ1) is 25.7. The van der Waals surface area contributed by atoms with Crippen molar-refractivity contribution in [2.75, 3.05) is 0 Å². The van der Waals surface area contributed by atoms with Crippen LogP contribution in [0.15, 0.2) is 174 Å². The van der Waals surface area contributed by atoms with Crippen molar-refractivity contribution in [2.24, 2.45) is 0 Å². The topological polar surface area (TPSA) is 67.6 Å². The highest BCUT2D eigenvalue weighted by molar-refractivity contribution is 6.11. The van der Waals surface area contributed by atoms with Gasteiger partial charge in [0.1, 0.15) is 17.2 Å². The average molecular weight is 665 g/mol. The van der Waals surface area contributed by atoms with E-state index in [4.69, 9.17) is 14.4 Å². The molecule has 0 fully saturated rings. The lowest BCUT2D eigenvalue weighted by atomic mass is 9.97. The molecule has 0 saturated carbocycles. The number of fused-ring (bicyclic) bond motifs is 6. The summed E-state index contributed by atoms with van der Waals surface area (Å²) < 4.78 is 8.63. The Kier molecular flexibility index (Phi) is 6.80. The van der Waals surface area contributed by atoms with Crippen molar-refractivity contribution in [1.29, 1.82) is 5.26 Å². The van der Waals surface area contributed by atoms with E-state index >= 15 is 0 Å². The largest absolute Gasteiger partial charge is 0.456 e. The lowest BCUT2D eigenvalue weighted by Crippen LogP contribution is -2.00. The van der Waals surface area contributed by atoms with E-state index in [1.165, 1.54) is 0 Å². The van der Waals surface area contributed by atoms with Crippen molar-refractivity contribution >= 4 is 43.7 Å². The number of rotatable bonds is 5. The van der Waals surface area contributed by atoms with Crippen LogP contribution in [0.5, 0.6) is 0 Å². The maximum absolute atomic E-state index is 10.4. The van der Waals surface area contributed by atoms with Gasteiger partial charge in [0.05, 0.1) is 33.7 Å². The SMILES string of the molecule is N#Cc1cccc(-c2ccc3oc4ccc(-c5cc(-c6ccccc6)nc(-c6ccccc6)n5)cc4c3c2)c1-n1c2ccccc2c2ccccc21. The van der Waals surface area contributed by atoms with E-state index in [0.29, 0.717) is 11.4 Å². The maximum Gasteiger partial charge on any atom is 0.160 e. The van der Waals surface area contributed by atoms with Crippen molar-refractivity contribution in [3.05, 3.63) is 175 Å². The summed E-state index contributed by atoms with van der Waals surface area (Å²) >= 11 is 0. The van der Waals surface area contributed by atoms with E-state index in [1.54, 1.807) is 0 Å². The van der Waals surface area contributed by atoms with E-state index in [0.717, 1.165) is 88.6 Å². The summed E-state index contributed by atoms with van der Waals surface area (Å²) in [6.07, 6.45) is 0. The zero-order chi connectivity index (χ0) is 34.6. The zero-order valence-corrected chi connectivity index (χ0v) is 27.9. The van der Waals surface area contributed by atoms with Crippen molar-refractivity contribution in [2.45, 2.75) is 0 Å². The Labute approximate surface area is 299 Å². The third kappa shape index (κ3) is 4.78. The van der Waals surface area contributed by atoms with E-state index in [1.807, 2.05) is 72.8 Å². The standard InChI is InChI=1S/C47H28N4O/c48-29-34-16-11-19-35(46(34)51-42-20-9-7-17-36(42)37-18-8-10-21-43(37)51)32-22-24-44-38(26-32)39-27-33(23-25-45(39)52-44)41-28-40(30-12-3-1-4-13-30)49-47(50-41)31-14-5-2-6-15-31/h1-28H. The van der Waals surface area contributed by atoms with Gasteiger partial charge in [-0.05, 0) is 60.2 Å². The molecule has 0 atom stereocenters. The highest BCUT2D eigenvalue weighted by Gasteiger charge is 2.20. The quantitative estimate of drug-likeness (QED) is 0.184. The first kappa shape index (κ1) is 29.6. The van der Waals surface area contributed by atoms with Gasteiger partial charge in [0.25, 0.3) is 0 Å². The van der Waals surface area contributed by atoms with Gasteiger partial charge < -0.3 is 8.98 Å². The number of para-hydroxylation sites is 3. The average Bonchev–Trinajstić information content (AvgIpc) is 3.76. The Morgan fingerprint density at radius 3 is 1.67 bits per heavy atom. The second-order valence-electron chi connectivity index (χ2n) is 12.9. The molecular formula is C47H28N4O. The maximum atomic E-state index is 10.4. The molecule has 5 heteroatoms. The Bertz CT molecular complexity index is 2910. The summed E-state index contributed by atoms with van der Waals surface area (Å²) in [6.45, 7) is 0. The molecule has 0 amide bonds. The lowest BCUT2D eigenvalue weighted by Gasteiger charge is -2.16. The number of aromatic nitrogens is 3. The molecule has 3 heterocycles. The van der Waals surface area contributed by atoms with E-state index in [2.05, 4.69) is 108 Å². The van der Waals surface area contributed by atoms with Gasteiger partial charge in [0, 0.05) is 43.8 Å². The monoisotopic (exact) mass is 664 g/mol. The van der Waals surface area contributed by atoms with E-state index in [9.17, 15) is 5.26 Å². The number of benzene rings is 7. The molecule has 52 heavy (non-hydrogen) atoms. The van der Waals surface area contributed by atoms with Crippen LogP contribution in [0.3, 0.4) is 0 Å². The van der Waals surface area contributed by atoms with Crippen molar-refractivity contribution in [1.82, 2.24) is 14.5 Å². The van der Waals surface area contributed by atoms with Crippen LogP contribution in [0.4, 0.5) is 0 Å². The summed E-state index contributed by atoms with van der Waals surface area (Å²) in [4.78, 5) is 10.0. The molecule has 0 aliphatic rings. The molecule has 0 spiro atoms. The Morgan fingerprint density at radius 1 is 0.462 bits per heavy atom. The smallest absolute Gasteiger partial charge is 0.160 e. The third-order valence-electron chi connectivity index (χ3n) is 9.86. The molecular weight excluding hydrogens is 637 g/mol. The summed E-state index contributed by atoms with van der Waals surface area (Å²) in [7, 11) is 0. The van der Waals surface area contributed by atoms with Gasteiger partial charge in [-0.1, -0.05) is 115 Å². The fraction of sp³-hybridized carbons (Fsp3) is 0. The molecule has 0 aliphatic heterocycles.